The van der Waals surface area contributed by atoms with Crippen molar-refractivity contribution in [3.05, 3.63) is 0 Å². The van der Waals surface area contributed by atoms with E-state index in [4.69, 9.17) is 0 Å². The van der Waals surface area contributed by atoms with Crippen LogP contribution < -0.4 is 5.32 Å². The Hall–Kier alpha value is -0.120. The van der Waals surface area contributed by atoms with Crippen LogP contribution in [0, 0.1) is 5.92 Å². The molecule has 21 heavy (non-hydrogen) atoms. The molecule has 3 nitrogen and oxygen atoms in total. The Kier molecular flexibility index (Phi) is 5.58. The summed E-state index contributed by atoms with van der Waals surface area (Å²) in [5, 5.41) is 14.3. The first-order valence-electron chi connectivity index (χ1n) is 9.44. The van der Waals surface area contributed by atoms with Crippen LogP contribution in [0.2, 0.25) is 0 Å². The average molecular weight is 294 g/mol. The summed E-state index contributed by atoms with van der Waals surface area (Å²) in [6, 6.07) is 2.16. The summed E-state index contributed by atoms with van der Waals surface area (Å²) < 4.78 is 0. The van der Waals surface area contributed by atoms with Gasteiger partial charge in [-0.05, 0) is 44.4 Å². The molecule has 3 rings (SSSR count). The number of piperidine rings is 1. The van der Waals surface area contributed by atoms with Gasteiger partial charge in [0.15, 0.2) is 0 Å². The summed E-state index contributed by atoms with van der Waals surface area (Å²) in [7, 11) is 0. The predicted octanol–water partition coefficient (Wildman–Crippen LogP) is 2.92. The minimum Gasteiger partial charge on any atom is -0.393 e. The van der Waals surface area contributed by atoms with Gasteiger partial charge in [0.05, 0.1) is 6.10 Å². The van der Waals surface area contributed by atoms with Crippen LogP contribution >= 0.6 is 0 Å². The molecule has 2 N–H and O–H groups in total. The zero-order valence-electron chi connectivity index (χ0n) is 13.8. The highest BCUT2D eigenvalue weighted by atomic mass is 16.3. The maximum absolute atomic E-state index is 10.3. The number of rotatable bonds is 5. The van der Waals surface area contributed by atoms with Gasteiger partial charge in [-0.2, -0.15) is 0 Å². The van der Waals surface area contributed by atoms with E-state index in [-0.39, 0.29) is 6.10 Å². The van der Waals surface area contributed by atoms with Gasteiger partial charge in [-0.3, -0.25) is 4.90 Å². The molecule has 1 aliphatic heterocycles. The monoisotopic (exact) mass is 294 g/mol. The van der Waals surface area contributed by atoms with E-state index in [1.807, 2.05) is 0 Å². The molecule has 0 radical (unpaired) electrons. The third kappa shape index (κ3) is 4.00. The number of aliphatic hydroxyl groups excluding tert-OH is 1. The second-order valence-electron chi connectivity index (χ2n) is 7.71. The Morgan fingerprint density at radius 1 is 1.00 bits per heavy atom. The van der Waals surface area contributed by atoms with E-state index in [0.29, 0.717) is 12.0 Å². The number of aliphatic hydroxyl groups is 1. The van der Waals surface area contributed by atoms with E-state index in [2.05, 4.69) is 17.1 Å². The summed E-state index contributed by atoms with van der Waals surface area (Å²) in [5.41, 5.74) is 0. The minimum atomic E-state index is -0.108. The first-order valence-corrected chi connectivity index (χ1v) is 9.44. The Morgan fingerprint density at radius 2 is 1.76 bits per heavy atom. The lowest BCUT2D eigenvalue weighted by Gasteiger charge is -2.47. The molecule has 0 aromatic rings. The molecule has 0 aromatic heterocycles. The molecule has 3 atom stereocenters. The molecule has 0 aromatic carbocycles. The molecule has 3 heteroatoms. The highest BCUT2D eigenvalue weighted by molar-refractivity contribution is 4.93. The average Bonchev–Trinajstić information content (AvgIpc) is 2.45. The van der Waals surface area contributed by atoms with Crippen molar-refractivity contribution in [1.29, 1.82) is 0 Å². The fourth-order valence-electron chi connectivity index (χ4n) is 4.56. The fourth-order valence-corrected chi connectivity index (χ4v) is 4.56. The third-order valence-electron chi connectivity index (χ3n) is 6.14. The number of nitrogens with zero attached hydrogens (tertiary/aromatic N) is 1. The Labute approximate surface area is 130 Å². The molecule has 3 aliphatic rings. The van der Waals surface area contributed by atoms with Crippen molar-refractivity contribution in [1.82, 2.24) is 10.2 Å². The fraction of sp³-hybridized carbons (Fsp3) is 1.00. The lowest BCUT2D eigenvalue weighted by molar-refractivity contribution is 0.000245. The molecular formula is C18H34N2O. The molecule has 1 heterocycles. The van der Waals surface area contributed by atoms with E-state index in [0.717, 1.165) is 25.0 Å². The van der Waals surface area contributed by atoms with Crippen LogP contribution in [0.25, 0.3) is 0 Å². The standard InChI is InChI=1S/C18H34N2O/c1-2-18(21)14-11-16(19-15-7-4-3-5-8-15)13-20(12-14)17-9-6-10-17/h14-19,21H,2-13H2,1H3. The van der Waals surface area contributed by atoms with Crippen molar-refractivity contribution in [2.24, 2.45) is 5.92 Å². The number of likely N-dealkylation sites (tertiary alicyclic amines) is 1. The zero-order valence-corrected chi connectivity index (χ0v) is 13.8. The minimum absolute atomic E-state index is 0.108. The van der Waals surface area contributed by atoms with Crippen molar-refractivity contribution >= 4 is 0 Å². The lowest BCUT2D eigenvalue weighted by Crippen LogP contribution is -2.57. The lowest BCUT2D eigenvalue weighted by atomic mass is 9.83. The second-order valence-corrected chi connectivity index (χ2v) is 7.71. The van der Waals surface area contributed by atoms with Gasteiger partial charge in [-0.25, -0.2) is 0 Å². The molecule has 0 bridgehead atoms. The van der Waals surface area contributed by atoms with Crippen molar-refractivity contribution in [3.63, 3.8) is 0 Å². The quantitative estimate of drug-likeness (QED) is 0.818. The molecule has 1 saturated heterocycles. The Morgan fingerprint density at radius 3 is 2.38 bits per heavy atom. The summed E-state index contributed by atoms with van der Waals surface area (Å²) >= 11 is 0. The number of nitrogens with one attached hydrogen (secondary N) is 1. The van der Waals surface area contributed by atoms with Gasteiger partial charge in [-0.1, -0.05) is 32.6 Å². The van der Waals surface area contributed by atoms with E-state index in [1.54, 1.807) is 0 Å². The molecule has 0 amide bonds. The van der Waals surface area contributed by atoms with Gasteiger partial charge < -0.3 is 10.4 Å². The predicted molar refractivity (Wildman–Crippen MR) is 87.4 cm³/mol. The van der Waals surface area contributed by atoms with Gasteiger partial charge in [0.1, 0.15) is 0 Å². The summed E-state index contributed by atoms with van der Waals surface area (Å²) in [6.07, 6.45) is 13.1. The van der Waals surface area contributed by atoms with E-state index in [9.17, 15) is 5.11 Å². The highest BCUT2D eigenvalue weighted by Crippen LogP contribution is 2.31. The maximum Gasteiger partial charge on any atom is 0.0578 e. The van der Waals surface area contributed by atoms with Crippen LogP contribution in [0.3, 0.4) is 0 Å². The van der Waals surface area contributed by atoms with E-state index >= 15 is 0 Å². The second kappa shape index (κ2) is 7.43. The molecular weight excluding hydrogens is 260 g/mol. The maximum atomic E-state index is 10.3. The normalized spacial score (nSPS) is 34.6. The van der Waals surface area contributed by atoms with E-state index < -0.39 is 0 Å². The van der Waals surface area contributed by atoms with Crippen LogP contribution in [-0.4, -0.2) is 47.3 Å². The Balaban J connectivity index is 1.58. The van der Waals surface area contributed by atoms with Crippen molar-refractivity contribution in [3.8, 4) is 0 Å². The number of hydrogen-bond donors (Lipinski definition) is 2. The van der Waals surface area contributed by atoms with Crippen LogP contribution in [-0.2, 0) is 0 Å². The number of hydrogen-bond acceptors (Lipinski definition) is 3. The molecule has 0 spiro atoms. The molecule has 122 valence electrons. The van der Waals surface area contributed by atoms with Gasteiger partial charge in [-0.15, -0.1) is 0 Å². The summed E-state index contributed by atoms with van der Waals surface area (Å²) in [4.78, 5) is 2.69. The van der Waals surface area contributed by atoms with E-state index in [1.165, 1.54) is 64.3 Å². The molecule has 2 aliphatic carbocycles. The van der Waals surface area contributed by atoms with Gasteiger partial charge >= 0.3 is 0 Å². The Bertz CT molecular complexity index is 297. The largest absolute Gasteiger partial charge is 0.393 e. The van der Waals surface area contributed by atoms with Crippen molar-refractivity contribution in [2.75, 3.05) is 13.1 Å². The third-order valence-corrected chi connectivity index (χ3v) is 6.14. The van der Waals surface area contributed by atoms with Gasteiger partial charge in [0.25, 0.3) is 0 Å². The van der Waals surface area contributed by atoms with Crippen molar-refractivity contribution in [2.45, 2.75) is 95.4 Å². The smallest absolute Gasteiger partial charge is 0.0578 e. The topological polar surface area (TPSA) is 35.5 Å². The molecule has 3 unspecified atom stereocenters. The molecule has 2 saturated carbocycles. The summed E-state index contributed by atoms with van der Waals surface area (Å²) in [5.74, 6) is 0.477. The molecule has 3 fully saturated rings. The van der Waals surface area contributed by atoms with Crippen LogP contribution in [0.5, 0.6) is 0 Å². The highest BCUT2D eigenvalue weighted by Gasteiger charge is 2.36. The summed E-state index contributed by atoms with van der Waals surface area (Å²) in [6.45, 7) is 4.47. The van der Waals surface area contributed by atoms with Crippen LogP contribution in [0.15, 0.2) is 0 Å². The van der Waals surface area contributed by atoms with Crippen LogP contribution in [0.4, 0.5) is 0 Å². The van der Waals surface area contributed by atoms with Gasteiger partial charge in [0, 0.05) is 31.2 Å². The first-order chi connectivity index (χ1) is 10.3. The van der Waals surface area contributed by atoms with Gasteiger partial charge in [0.2, 0.25) is 0 Å². The SMILES string of the molecule is CCC(O)C1CC(NC2CCCCC2)CN(C2CCC2)C1. The van der Waals surface area contributed by atoms with Crippen molar-refractivity contribution < 1.29 is 5.11 Å². The zero-order chi connectivity index (χ0) is 14.7. The van der Waals surface area contributed by atoms with Crippen LogP contribution in [0.1, 0.15) is 71.1 Å². The first kappa shape index (κ1) is 15.8.